The summed E-state index contributed by atoms with van der Waals surface area (Å²) in [5.41, 5.74) is -3.20. The molecule has 0 aromatic carbocycles. The first-order valence-corrected chi connectivity index (χ1v) is 5.32. The lowest BCUT2D eigenvalue weighted by Crippen LogP contribution is -2.72. The molecular weight excluding hydrogens is 249 g/mol. The van der Waals surface area contributed by atoms with Crippen LogP contribution in [0.15, 0.2) is 0 Å². The molecule has 2 aliphatic heterocycles. The monoisotopic (exact) mass is 261 g/mol. The number of halogens is 1. The predicted molar refractivity (Wildman–Crippen MR) is 53.9 cm³/mol. The minimum atomic E-state index is -3.20. The van der Waals surface area contributed by atoms with Gasteiger partial charge in [0.15, 0.2) is 6.23 Å². The number of nitrogens with zero attached hydrogens (tertiary/aromatic N) is 1. The molecule has 100 valence electrons. The number of aliphatic hydroxyl groups is 1. The standard InChI is InChI=1S/C9H12FN3O5/c10-9(5(14)11-8(17)12-6(9)15)7(16)13-1-3-18-4-2-13/h5,14H,1-4H2,(H2,11,12,15,17). The third-order valence-corrected chi connectivity index (χ3v) is 2.81. The summed E-state index contributed by atoms with van der Waals surface area (Å²) in [6, 6.07) is -1.05. The predicted octanol–water partition coefficient (Wildman–Crippen LogP) is -2.29. The maximum absolute atomic E-state index is 14.4. The van der Waals surface area contributed by atoms with Crippen LogP contribution in [0, 0.1) is 0 Å². The molecule has 2 rings (SSSR count). The number of carbonyl (C=O) groups is 3. The Balaban J connectivity index is 2.20. The van der Waals surface area contributed by atoms with Gasteiger partial charge in [0.05, 0.1) is 13.2 Å². The summed E-state index contributed by atoms with van der Waals surface area (Å²) in [5.74, 6) is -2.65. The lowest BCUT2D eigenvalue weighted by Gasteiger charge is -2.37. The first-order chi connectivity index (χ1) is 8.46. The minimum absolute atomic E-state index is 0.123. The number of carbonyl (C=O) groups excluding carboxylic acids is 3. The number of ether oxygens (including phenoxy) is 1. The zero-order chi connectivity index (χ0) is 13.3. The van der Waals surface area contributed by atoms with Crippen molar-refractivity contribution in [2.75, 3.05) is 26.3 Å². The third-order valence-electron chi connectivity index (χ3n) is 2.81. The van der Waals surface area contributed by atoms with Crippen LogP contribution in [-0.4, -0.2) is 66.1 Å². The SMILES string of the molecule is O=C1NC(=O)C(F)(C(=O)N2CCOCC2)C(O)N1. The van der Waals surface area contributed by atoms with Crippen molar-refractivity contribution in [3.05, 3.63) is 0 Å². The molecule has 4 amide bonds. The molecule has 2 heterocycles. The smallest absolute Gasteiger partial charge is 0.323 e. The first-order valence-electron chi connectivity index (χ1n) is 5.32. The summed E-state index contributed by atoms with van der Waals surface area (Å²) in [5, 5.41) is 12.8. The highest BCUT2D eigenvalue weighted by atomic mass is 19.1. The van der Waals surface area contributed by atoms with E-state index in [1.54, 1.807) is 10.6 Å². The number of hydrogen-bond donors (Lipinski definition) is 3. The summed E-state index contributed by atoms with van der Waals surface area (Å²) >= 11 is 0. The Morgan fingerprint density at radius 3 is 2.61 bits per heavy atom. The van der Waals surface area contributed by atoms with Crippen molar-refractivity contribution in [1.82, 2.24) is 15.5 Å². The largest absolute Gasteiger partial charge is 0.378 e. The minimum Gasteiger partial charge on any atom is -0.378 e. The Bertz CT molecular complexity index is 398. The highest BCUT2D eigenvalue weighted by Crippen LogP contribution is 2.22. The third kappa shape index (κ3) is 1.91. The molecule has 8 nitrogen and oxygen atoms in total. The molecule has 2 saturated heterocycles. The molecule has 18 heavy (non-hydrogen) atoms. The van der Waals surface area contributed by atoms with Crippen molar-refractivity contribution in [2.24, 2.45) is 0 Å². The zero-order valence-corrected chi connectivity index (χ0v) is 9.31. The normalized spacial score (nSPS) is 32.8. The second-order valence-electron chi connectivity index (χ2n) is 3.95. The second kappa shape index (κ2) is 4.50. The maximum Gasteiger partial charge on any atom is 0.323 e. The van der Waals surface area contributed by atoms with E-state index in [1.165, 1.54) is 0 Å². The quantitative estimate of drug-likeness (QED) is 0.460. The summed E-state index contributed by atoms with van der Waals surface area (Å²) in [6.07, 6.45) is -2.20. The van der Waals surface area contributed by atoms with Gasteiger partial charge in [-0.15, -0.1) is 0 Å². The zero-order valence-electron chi connectivity index (χ0n) is 9.31. The summed E-state index contributed by atoms with van der Waals surface area (Å²) < 4.78 is 19.4. The number of nitrogens with one attached hydrogen (secondary N) is 2. The molecule has 0 aliphatic carbocycles. The van der Waals surface area contributed by atoms with Gasteiger partial charge in [-0.2, -0.15) is 0 Å². The highest BCUT2D eigenvalue weighted by molar-refractivity contribution is 6.15. The van der Waals surface area contributed by atoms with Crippen molar-refractivity contribution in [3.8, 4) is 0 Å². The molecule has 0 radical (unpaired) electrons. The van der Waals surface area contributed by atoms with Crippen LogP contribution in [0.25, 0.3) is 0 Å². The van der Waals surface area contributed by atoms with E-state index in [-0.39, 0.29) is 26.3 Å². The molecule has 0 spiro atoms. The maximum atomic E-state index is 14.4. The van der Waals surface area contributed by atoms with Gasteiger partial charge in [-0.25, -0.2) is 9.18 Å². The molecule has 2 fully saturated rings. The molecule has 0 saturated carbocycles. The van der Waals surface area contributed by atoms with E-state index in [0.29, 0.717) is 0 Å². The van der Waals surface area contributed by atoms with E-state index >= 15 is 0 Å². The van der Waals surface area contributed by atoms with Gasteiger partial charge in [-0.1, -0.05) is 0 Å². The lowest BCUT2D eigenvalue weighted by atomic mass is 9.99. The number of amides is 4. The lowest BCUT2D eigenvalue weighted by molar-refractivity contribution is -0.167. The van der Waals surface area contributed by atoms with Crippen molar-refractivity contribution in [1.29, 1.82) is 0 Å². The van der Waals surface area contributed by atoms with Crippen molar-refractivity contribution in [2.45, 2.75) is 11.9 Å². The topological polar surface area (TPSA) is 108 Å². The van der Waals surface area contributed by atoms with Crippen molar-refractivity contribution in [3.63, 3.8) is 0 Å². The molecule has 2 atom stereocenters. The fourth-order valence-corrected chi connectivity index (χ4v) is 1.79. The second-order valence-corrected chi connectivity index (χ2v) is 3.95. The average Bonchev–Trinajstić information content (AvgIpc) is 2.36. The molecule has 2 aliphatic rings. The highest BCUT2D eigenvalue weighted by Gasteiger charge is 2.58. The van der Waals surface area contributed by atoms with Crippen LogP contribution >= 0.6 is 0 Å². The van der Waals surface area contributed by atoms with Crippen LogP contribution in [0.1, 0.15) is 0 Å². The molecule has 9 heteroatoms. The number of alkyl halides is 1. The Hall–Kier alpha value is -1.74. The average molecular weight is 261 g/mol. The van der Waals surface area contributed by atoms with Crippen LogP contribution in [0.2, 0.25) is 0 Å². The van der Waals surface area contributed by atoms with Gasteiger partial charge in [-0.3, -0.25) is 14.9 Å². The first kappa shape index (κ1) is 12.7. The van der Waals surface area contributed by atoms with Gasteiger partial charge in [-0.05, 0) is 0 Å². The number of imide groups is 1. The van der Waals surface area contributed by atoms with Crippen molar-refractivity contribution >= 4 is 17.8 Å². The van der Waals surface area contributed by atoms with E-state index in [4.69, 9.17) is 4.74 Å². The van der Waals surface area contributed by atoms with Crippen LogP contribution in [-0.2, 0) is 14.3 Å². The number of urea groups is 1. The van der Waals surface area contributed by atoms with E-state index in [9.17, 15) is 23.9 Å². The molecule has 0 aromatic heterocycles. The van der Waals surface area contributed by atoms with E-state index in [1.807, 2.05) is 0 Å². The van der Waals surface area contributed by atoms with E-state index in [0.717, 1.165) is 4.90 Å². The van der Waals surface area contributed by atoms with Gasteiger partial charge < -0.3 is 20.1 Å². The van der Waals surface area contributed by atoms with Crippen LogP contribution < -0.4 is 10.6 Å². The number of rotatable bonds is 1. The van der Waals surface area contributed by atoms with Gasteiger partial charge >= 0.3 is 11.7 Å². The number of aliphatic hydroxyl groups excluding tert-OH is 1. The van der Waals surface area contributed by atoms with Crippen LogP contribution in [0.4, 0.5) is 9.18 Å². The van der Waals surface area contributed by atoms with Crippen LogP contribution in [0.3, 0.4) is 0 Å². The van der Waals surface area contributed by atoms with Gasteiger partial charge in [0.25, 0.3) is 11.8 Å². The van der Waals surface area contributed by atoms with Gasteiger partial charge in [0.2, 0.25) is 0 Å². The fraction of sp³-hybridized carbons (Fsp3) is 0.667. The summed E-state index contributed by atoms with van der Waals surface area (Å²) in [7, 11) is 0. The van der Waals surface area contributed by atoms with E-state index in [2.05, 4.69) is 0 Å². The number of morpholine rings is 1. The number of hydrogen-bond acceptors (Lipinski definition) is 5. The Morgan fingerprint density at radius 2 is 2.06 bits per heavy atom. The summed E-state index contributed by atoms with van der Waals surface area (Å²) in [6.45, 7) is 0.703. The molecule has 3 N–H and O–H groups in total. The fourth-order valence-electron chi connectivity index (χ4n) is 1.79. The van der Waals surface area contributed by atoms with Crippen molar-refractivity contribution < 1.29 is 28.6 Å². The van der Waals surface area contributed by atoms with Gasteiger partial charge in [0.1, 0.15) is 0 Å². The summed E-state index contributed by atoms with van der Waals surface area (Å²) in [4.78, 5) is 35.3. The molecular formula is C9H12FN3O5. The Kier molecular flexibility index (Phi) is 3.18. The molecule has 0 bridgehead atoms. The van der Waals surface area contributed by atoms with Crippen LogP contribution in [0.5, 0.6) is 0 Å². The van der Waals surface area contributed by atoms with Gasteiger partial charge in [0, 0.05) is 13.1 Å². The molecule has 2 unspecified atom stereocenters. The van der Waals surface area contributed by atoms with E-state index < -0.39 is 29.7 Å². The Morgan fingerprint density at radius 1 is 1.44 bits per heavy atom. The molecule has 0 aromatic rings. The Labute approximate surface area is 101 Å².